The smallest absolute Gasteiger partial charge is 0.348 e. The average molecular weight is 551 g/mol. The normalized spacial score (nSPS) is 14.9. The zero-order valence-corrected chi connectivity index (χ0v) is 21.1. The van der Waals surface area contributed by atoms with Crippen molar-refractivity contribution in [1.29, 1.82) is 0 Å². The minimum absolute atomic E-state index is 0.00315. The van der Waals surface area contributed by atoms with Gasteiger partial charge in [-0.15, -0.1) is 0 Å². The molecule has 1 aliphatic heterocycles. The number of hydrogen-bond donors (Lipinski definition) is 1. The van der Waals surface area contributed by atoms with E-state index >= 15 is 0 Å². The monoisotopic (exact) mass is 550 g/mol. The third-order valence-corrected chi connectivity index (χ3v) is 7.13. The molecule has 0 aromatic heterocycles. The van der Waals surface area contributed by atoms with Gasteiger partial charge in [0.05, 0.1) is 29.3 Å². The predicted octanol–water partition coefficient (Wildman–Crippen LogP) is 4.14. The number of para-hydroxylation sites is 2. The first-order valence-electron chi connectivity index (χ1n) is 10.5. The molecule has 1 atom stereocenters. The first kappa shape index (κ1) is 25.6. The van der Waals surface area contributed by atoms with Crippen LogP contribution >= 0.6 is 23.2 Å². The summed E-state index contributed by atoms with van der Waals surface area (Å²) < 4.78 is 43.8. The molecule has 9 nitrogen and oxygen atoms in total. The van der Waals surface area contributed by atoms with Crippen LogP contribution < -0.4 is 19.1 Å². The molecule has 0 radical (unpaired) electrons. The fraction of sp³-hybridized carbons (Fsp3) is 0.167. The molecule has 0 saturated carbocycles. The number of hydrogen-bond acceptors (Lipinski definition) is 7. The Morgan fingerprint density at radius 2 is 1.81 bits per heavy atom. The number of fused-ring (bicyclic) bond motifs is 1. The lowest BCUT2D eigenvalue weighted by Crippen LogP contribution is -2.48. The van der Waals surface area contributed by atoms with E-state index in [-0.39, 0.29) is 22.2 Å². The van der Waals surface area contributed by atoms with Crippen LogP contribution in [-0.2, 0) is 24.3 Å². The molecule has 0 aliphatic carbocycles. The van der Waals surface area contributed by atoms with Crippen LogP contribution in [0.2, 0.25) is 10.0 Å². The standard InChI is InChI=1S/C24H20Cl2N2O7S/c1-33-24(30)22-13-28(19-4-2-3-5-21(19)35-22)23(29)14-34-20-11-10-17(12-18(20)26)36(31,32)27-16-8-6-15(25)7-9-16/h2-12,22,27H,13-14H2,1H3/t22-/m0/s1. The molecule has 12 heteroatoms. The molecular weight excluding hydrogens is 531 g/mol. The lowest BCUT2D eigenvalue weighted by molar-refractivity contribution is -0.148. The third-order valence-electron chi connectivity index (χ3n) is 5.20. The molecule has 1 amide bonds. The summed E-state index contributed by atoms with van der Waals surface area (Å²) in [7, 11) is -2.70. The van der Waals surface area contributed by atoms with E-state index in [4.69, 9.17) is 37.4 Å². The van der Waals surface area contributed by atoms with Gasteiger partial charge in [0.2, 0.25) is 6.10 Å². The van der Waals surface area contributed by atoms with E-state index in [1.807, 2.05) is 0 Å². The Bertz CT molecular complexity index is 1400. The van der Waals surface area contributed by atoms with Crippen molar-refractivity contribution in [2.75, 3.05) is 29.9 Å². The lowest BCUT2D eigenvalue weighted by Gasteiger charge is -2.33. The minimum atomic E-state index is -3.93. The molecule has 0 unspecified atom stereocenters. The zero-order chi connectivity index (χ0) is 25.9. The number of amides is 1. The predicted molar refractivity (Wildman–Crippen MR) is 134 cm³/mol. The van der Waals surface area contributed by atoms with Crippen molar-refractivity contribution in [2.24, 2.45) is 0 Å². The van der Waals surface area contributed by atoms with Gasteiger partial charge in [-0.3, -0.25) is 9.52 Å². The highest BCUT2D eigenvalue weighted by Crippen LogP contribution is 2.34. The van der Waals surface area contributed by atoms with Crippen LogP contribution in [0.3, 0.4) is 0 Å². The number of anilines is 2. The van der Waals surface area contributed by atoms with Gasteiger partial charge in [-0.25, -0.2) is 13.2 Å². The van der Waals surface area contributed by atoms with Crippen molar-refractivity contribution in [3.05, 3.63) is 76.8 Å². The van der Waals surface area contributed by atoms with E-state index in [9.17, 15) is 18.0 Å². The maximum Gasteiger partial charge on any atom is 0.348 e. The summed E-state index contributed by atoms with van der Waals surface area (Å²) in [6, 6.07) is 16.8. The van der Waals surface area contributed by atoms with Crippen molar-refractivity contribution in [1.82, 2.24) is 0 Å². The van der Waals surface area contributed by atoms with Gasteiger partial charge in [0.25, 0.3) is 15.9 Å². The topological polar surface area (TPSA) is 111 Å². The number of benzene rings is 3. The van der Waals surface area contributed by atoms with Gasteiger partial charge in [-0.05, 0) is 54.6 Å². The number of nitrogens with zero attached hydrogens (tertiary/aromatic N) is 1. The van der Waals surface area contributed by atoms with Gasteiger partial charge in [-0.2, -0.15) is 0 Å². The van der Waals surface area contributed by atoms with Crippen molar-refractivity contribution >= 4 is 56.5 Å². The highest BCUT2D eigenvalue weighted by Gasteiger charge is 2.34. The SMILES string of the molecule is COC(=O)[C@@H]1CN(C(=O)COc2ccc(S(=O)(=O)Nc3ccc(Cl)cc3)cc2Cl)c2ccccc2O1. The molecule has 4 rings (SSSR count). The molecule has 3 aromatic carbocycles. The Hall–Kier alpha value is -3.47. The van der Waals surface area contributed by atoms with E-state index < -0.39 is 34.6 Å². The van der Waals surface area contributed by atoms with E-state index in [0.717, 1.165) is 0 Å². The first-order valence-corrected chi connectivity index (χ1v) is 12.8. The van der Waals surface area contributed by atoms with Crippen molar-refractivity contribution < 1.29 is 32.2 Å². The number of carbonyl (C=O) groups is 2. The minimum Gasteiger partial charge on any atom is -0.482 e. The number of ether oxygens (including phenoxy) is 3. The third kappa shape index (κ3) is 5.67. The van der Waals surface area contributed by atoms with E-state index in [1.165, 1.54) is 42.3 Å². The fourth-order valence-corrected chi connectivity index (χ4v) is 4.95. The van der Waals surface area contributed by atoms with Crippen molar-refractivity contribution in [3.8, 4) is 11.5 Å². The van der Waals surface area contributed by atoms with Gasteiger partial charge in [0.1, 0.15) is 11.5 Å². The Balaban J connectivity index is 1.46. The maximum absolute atomic E-state index is 13.0. The van der Waals surface area contributed by atoms with E-state index in [2.05, 4.69) is 4.72 Å². The Morgan fingerprint density at radius 1 is 1.08 bits per heavy atom. The summed E-state index contributed by atoms with van der Waals surface area (Å²) in [5, 5.41) is 0.468. The number of halogens is 2. The van der Waals surface area contributed by atoms with Crippen LogP contribution in [0, 0.1) is 0 Å². The molecule has 0 saturated heterocycles. The second-order valence-corrected chi connectivity index (χ2v) is 10.1. The highest BCUT2D eigenvalue weighted by molar-refractivity contribution is 7.92. The van der Waals surface area contributed by atoms with Crippen LogP contribution in [0.25, 0.3) is 0 Å². The van der Waals surface area contributed by atoms with Crippen LogP contribution in [0.15, 0.2) is 71.6 Å². The van der Waals surface area contributed by atoms with Gasteiger partial charge in [0, 0.05) is 10.7 Å². The van der Waals surface area contributed by atoms with Crippen molar-refractivity contribution in [2.45, 2.75) is 11.0 Å². The second-order valence-electron chi connectivity index (χ2n) is 7.60. The number of carbonyl (C=O) groups excluding carboxylic acids is 2. The average Bonchev–Trinajstić information content (AvgIpc) is 2.87. The van der Waals surface area contributed by atoms with Gasteiger partial charge < -0.3 is 19.1 Å². The molecule has 1 N–H and O–H groups in total. The molecule has 0 fully saturated rings. The van der Waals surface area contributed by atoms with E-state index in [1.54, 1.807) is 36.4 Å². The van der Waals surface area contributed by atoms with Gasteiger partial charge >= 0.3 is 5.97 Å². The molecule has 1 aliphatic rings. The fourth-order valence-electron chi connectivity index (χ4n) is 3.44. The van der Waals surface area contributed by atoms with E-state index in [0.29, 0.717) is 22.1 Å². The second kappa shape index (κ2) is 10.7. The van der Waals surface area contributed by atoms with Crippen LogP contribution in [0.1, 0.15) is 0 Å². The summed E-state index contributed by atoms with van der Waals surface area (Å²) in [6.45, 7) is -0.482. The summed E-state index contributed by atoms with van der Waals surface area (Å²) in [6.07, 6.45) is -0.991. The number of sulfonamides is 1. The molecule has 3 aromatic rings. The number of nitrogens with one attached hydrogen (secondary N) is 1. The number of rotatable bonds is 7. The molecule has 36 heavy (non-hydrogen) atoms. The Labute approximate surface area is 217 Å². The largest absolute Gasteiger partial charge is 0.482 e. The molecule has 0 spiro atoms. The Kier molecular flexibility index (Phi) is 7.58. The number of methoxy groups -OCH3 is 1. The lowest BCUT2D eigenvalue weighted by atomic mass is 10.2. The van der Waals surface area contributed by atoms with Gasteiger partial charge in [-0.1, -0.05) is 35.3 Å². The summed E-state index contributed by atoms with van der Waals surface area (Å²) in [5.74, 6) is -0.609. The molecule has 1 heterocycles. The maximum atomic E-state index is 13.0. The first-order chi connectivity index (χ1) is 17.2. The van der Waals surface area contributed by atoms with Crippen LogP contribution in [-0.4, -0.2) is 46.7 Å². The summed E-state index contributed by atoms with van der Waals surface area (Å²) in [5.41, 5.74) is 0.810. The molecule has 188 valence electrons. The van der Waals surface area contributed by atoms with Crippen LogP contribution in [0.4, 0.5) is 11.4 Å². The quantitative estimate of drug-likeness (QED) is 0.440. The molecule has 0 bridgehead atoms. The van der Waals surface area contributed by atoms with Gasteiger partial charge in [0.15, 0.2) is 6.61 Å². The number of esters is 1. The van der Waals surface area contributed by atoms with Crippen molar-refractivity contribution in [3.63, 3.8) is 0 Å². The highest BCUT2D eigenvalue weighted by atomic mass is 35.5. The molecular formula is C24H20Cl2N2O7S. The Morgan fingerprint density at radius 3 is 2.50 bits per heavy atom. The van der Waals surface area contributed by atoms with Crippen LogP contribution in [0.5, 0.6) is 11.5 Å². The summed E-state index contributed by atoms with van der Waals surface area (Å²) >= 11 is 12.1. The summed E-state index contributed by atoms with van der Waals surface area (Å²) in [4.78, 5) is 26.3. The zero-order valence-electron chi connectivity index (χ0n) is 18.8.